The molecule has 0 radical (unpaired) electrons. The largest absolute Gasteiger partial charge is 0.480 e. The number of carbonyl (C=O) groups is 3. The second-order valence-corrected chi connectivity index (χ2v) is 17.7. The van der Waals surface area contributed by atoms with E-state index in [0.717, 1.165) is 64.2 Å². The van der Waals surface area contributed by atoms with Gasteiger partial charge in [0.25, 0.3) is 0 Å². The van der Waals surface area contributed by atoms with E-state index >= 15 is 0 Å². The number of phosphoric acid groups is 1. The smallest absolute Gasteiger partial charge is 0.472 e. The van der Waals surface area contributed by atoms with Crippen LogP contribution in [0.15, 0.2) is 36.5 Å². The van der Waals surface area contributed by atoms with Crippen LogP contribution in [0.3, 0.4) is 0 Å². The maximum absolute atomic E-state index is 12.7. The van der Waals surface area contributed by atoms with Crippen molar-refractivity contribution in [3.63, 3.8) is 0 Å². The molecule has 0 saturated carbocycles. The minimum absolute atomic E-state index is 0.158. The van der Waals surface area contributed by atoms with Crippen LogP contribution in [0.1, 0.15) is 219 Å². The summed E-state index contributed by atoms with van der Waals surface area (Å²) < 4.78 is 32.8. The third-order valence-corrected chi connectivity index (χ3v) is 11.3. The first-order valence-electron chi connectivity index (χ1n) is 24.0. The van der Waals surface area contributed by atoms with Gasteiger partial charge in [-0.2, -0.15) is 0 Å². The van der Waals surface area contributed by atoms with E-state index in [1.54, 1.807) is 0 Å². The zero-order chi connectivity index (χ0) is 44.2. The zero-order valence-electron chi connectivity index (χ0n) is 38.1. The number of hydrogen-bond donors (Lipinski definition) is 3. The van der Waals surface area contributed by atoms with Gasteiger partial charge in [0.1, 0.15) is 12.6 Å². The topological polar surface area (TPSA) is 172 Å². The van der Waals surface area contributed by atoms with Crippen LogP contribution in [0.4, 0.5) is 0 Å². The van der Waals surface area contributed by atoms with Gasteiger partial charge in [-0.25, -0.2) is 4.57 Å². The average molecular weight is 870 g/mol. The van der Waals surface area contributed by atoms with Gasteiger partial charge in [0, 0.05) is 12.8 Å². The molecule has 12 heteroatoms. The van der Waals surface area contributed by atoms with E-state index in [2.05, 4.69) is 54.8 Å². The highest BCUT2D eigenvalue weighted by Crippen LogP contribution is 2.43. The predicted octanol–water partition coefficient (Wildman–Crippen LogP) is 13.2. The Kier molecular flexibility index (Phi) is 41.7. The van der Waals surface area contributed by atoms with E-state index in [1.165, 1.54) is 116 Å². The molecule has 60 heavy (non-hydrogen) atoms. The van der Waals surface area contributed by atoms with Crippen LogP contribution in [0, 0.1) is 0 Å². The van der Waals surface area contributed by atoms with Gasteiger partial charge in [0.05, 0.1) is 13.2 Å². The number of nitrogens with two attached hydrogens (primary N) is 1. The molecule has 3 atom stereocenters. The Morgan fingerprint density at radius 2 is 0.883 bits per heavy atom. The number of carboxylic acid groups (broad SMARTS) is 1. The molecular weight excluding hydrogens is 781 g/mol. The summed E-state index contributed by atoms with van der Waals surface area (Å²) >= 11 is 0. The van der Waals surface area contributed by atoms with Crippen molar-refractivity contribution < 1.29 is 47.5 Å². The molecule has 0 heterocycles. The fourth-order valence-electron chi connectivity index (χ4n) is 6.56. The minimum Gasteiger partial charge on any atom is -0.480 e. The van der Waals surface area contributed by atoms with Crippen LogP contribution in [0.2, 0.25) is 0 Å². The van der Waals surface area contributed by atoms with Crippen molar-refractivity contribution >= 4 is 25.7 Å². The number of carboxylic acids is 1. The molecule has 0 bridgehead atoms. The Bertz CT molecular complexity index is 1160. The average Bonchev–Trinajstić information content (AvgIpc) is 3.22. The van der Waals surface area contributed by atoms with Crippen LogP contribution >= 0.6 is 7.82 Å². The minimum atomic E-state index is -4.72. The monoisotopic (exact) mass is 870 g/mol. The molecule has 0 fully saturated rings. The Labute approximate surface area is 365 Å². The Balaban J connectivity index is 4.28. The van der Waals surface area contributed by atoms with E-state index in [-0.39, 0.29) is 19.4 Å². The number of unbranched alkanes of at least 4 members (excludes halogenated alkanes) is 25. The second kappa shape index (κ2) is 43.4. The highest BCUT2D eigenvalue weighted by Gasteiger charge is 2.28. The van der Waals surface area contributed by atoms with Crippen LogP contribution < -0.4 is 5.73 Å². The van der Waals surface area contributed by atoms with Crippen molar-refractivity contribution in [1.29, 1.82) is 0 Å². The molecule has 0 amide bonds. The van der Waals surface area contributed by atoms with E-state index in [0.29, 0.717) is 12.8 Å². The Morgan fingerprint density at radius 1 is 0.517 bits per heavy atom. The van der Waals surface area contributed by atoms with Gasteiger partial charge in [-0.3, -0.25) is 23.4 Å². The van der Waals surface area contributed by atoms with Gasteiger partial charge in [-0.05, 0) is 70.6 Å². The number of aliphatic carboxylic acids is 1. The first kappa shape index (κ1) is 57.7. The van der Waals surface area contributed by atoms with Crippen molar-refractivity contribution in [1.82, 2.24) is 0 Å². The van der Waals surface area contributed by atoms with Crippen LogP contribution in [0.25, 0.3) is 0 Å². The van der Waals surface area contributed by atoms with Crippen molar-refractivity contribution in [2.75, 3.05) is 19.8 Å². The highest BCUT2D eigenvalue weighted by atomic mass is 31.2. The first-order chi connectivity index (χ1) is 29.1. The summed E-state index contributed by atoms with van der Waals surface area (Å²) in [6.07, 6.45) is 47.7. The number of phosphoric ester groups is 1. The number of ether oxygens (including phenoxy) is 2. The lowest BCUT2D eigenvalue weighted by Crippen LogP contribution is -2.34. The zero-order valence-corrected chi connectivity index (χ0v) is 38.9. The molecule has 0 rings (SSSR count). The molecular formula is C48H88NO10P. The van der Waals surface area contributed by atoms with E-state index in [1.807, 2.05) is 0 Å². The second-order valence-electron chi connectivity index (χ2n) is 16.2. The number of allylic oxidation sites excluding steroid dienone is 6. The van der Waals surface area contributed by atoms with Crippen molar-refractivity contribution in [2.45, 2.75) is 231 Å². The van der Waals surface area contributed by atoms with Gasteiger partial charge < -0.3 is 25.2 Å². The molecule has 0 aromatic heterocycles. The van der Waals surface area contributed by atoms with Crippen LogP contribution in [0.5, 0.6) is 0 Å². The lowest BCUT2D eigenvalue weighted by Gasteiger charge is -2.20. The maximum Gasteiger partial charge on any atom is 0.472 e. The molecule has 0 saturated heterocycles. The van der Waals surface area contributed by atoms with E-state index in [4.69, 9.17) is 24.8 Å². The molecule has 0 aromatic carbocycles. The van der Waals surface area contributed by atoms with Crippen molar-refractivity contribution in [2.24, 2.45) is 5.73 Å². The Morgan fingerprint density at radius 3 is 1.35 bits per heavy atom. The van der Waals surface area contributed by atoms with Gasteiger partial charge in [-0.1, -0.05) is 172 Å². The molecule has 1 unspecified atom stereocenters. The summed E-state index contributed by atoms with van der Waals surface area (Å²) in [5.74, 6) is -2.39. The summed E-state index contributed by atoms with van der Waals surface area (Å²) in [6.45, 7) is 2.78. The molecule has 0 aliphatic heterocycles. The number of carbonyl (C=O) groups excluding carboxylic acids is 2. The van der Waals surface area contributed by atoms with Gasteiger partial charge >= 0.3 is 25.7 Å². The maximum atomic E-state index is 12.7. The van der Waals surface area contributed by atoms with Crippen molar-refractivity contribution in [3.8, 4) is 0 Å². The standard InChI is InChI=1S/C48H88NO10P/c1-3-5-7-9-11-13-15-17-19-20-21-22-23-24-26-28-30-32-34-36-38-40-47(51)59-44(42-57-60(54,55)58-43-45(49)48(52)53)41-56-46(50)39-37-35-33-31-29-27-25-18-16-14-12-10-8-6-4-2/h12,14,17-19,25,44-45H,3-11,13,15-16,20-24,26-43,49H2,1-2H3,(H,52,53)(H,54,55)/b14-12+,19-17+,25-18+/t44-,45-/m0/s1. The fraction of sp³-hybridized carbons (Fsp3) is 0.812. The lowest BCUT2D eigenvalue weighted by atomic mass is 10.0. The summed E-state index contributed by atoms with van der Waals surface area (Å²) in [6, 6.07) is -1.52. The van der Waals surface area contributed by atoms with Crippen LogP contribution in [-0.2, 0) is 37.5 Å². The van der Waals surface area contributed by atoms with Crippen LogP contribution in [-0.4, -0.2) is 59.9 Å². The third-order valence-electron chi connectivity index (χ3n) is 10.4. The molecule has 0 aliphatic rings. The third kappa shape index (κ3) is 42.4. The summed E-state index contributed by atoms with van der Waals surface area (Å²) in [5.41, 5.74) is 5.34. The molecule has 350 valence electrons. The molecule has 0 spiro atoms. The summed E-state index contributed by atoms with van der Waals surface area (Å²) in [7, 11) is -4.72. The quantitative estimate of drug-likeness (QED) is 0.0230. The molecule has 11 nitrogen and oxygen atoms in total. The molecule has 4 N–H and O–H groups in total. The van der Waals surface area contributed by atoms with E-state index in [9.17, 15) is 23.8 Å². The first-order valence-corrected chi connectivity index (χ1v) is 25.5. The van der Waals surface area contributed by atoms with Crippen molar-refractivity contribution in [3.05, 3.63) is 36.5 Å². The lowest BCUT2D eigenvalue weighted by molar-refractivity contribution is -0.161. The SMILES string of the molecule is CCCCC/C=C/C/C=C/CCCCCCCC(=O)OC[C@@H](COP(=O)(O)OC[C@H](N)C(=O)O)OC(=O)CCCCCCCCCCCCC/C=C/CCCCCCCC. The van der Waals surface area contributed by atoms with Gasteiger partial charge in [0.2, 0.25) is 0 Å². The predicted molar refractivity (Wildman–Crippen MR) is 245 cm³/mol. The number of hydrogen-bond acceptors (Lipinski definition) is 9. The summed E-state index contributed by atoms with van der Waals surface area (Å²) in [5, 5.41) is 8.90. The Hall–Kier alpha value is -2.30. The van der Waals surface area contributed by atoms with Gasteiger partial charge in [0.15, 0.2) is 6.10 Å². The fourth-order valence-corrected chi connectivity index (χ4v) is 7.34. The van der Waals surface area contributed by atoms with Gasteiger partial charge in [-0.15, -0.1) is 0 Å². The highest BCUT2D eigenvalue weighted by molar-refractivity contribution is 7.47. The molecule has 0 aliphatic carbocycles. The number of rotatable bonds is 45. The normalized spacial score (nSPS) is 13.9. The van der Waals surface area contributed by atoms with E-state index < -0.39 is 51.1 Å². The number of esters is 2. The summed E-state index contributed by atoms with van der Waals surface area (Å²) in [4.78, 5) is 46.1. The molecule has 0 aromatic rings.